The van der Waals surface area contributed by atoms with Crippen molar-refractivity contribution in [1.29, 1.82) is 0 Å². The molecule has 3 saturated heterocycles. The predicted octanol–water partition coefficient (Wildman–Crippen LogP) is 5.77. The first-order valence-electron chi connectivity index (χ1n) is 18.3. The van der Waals surface area contributed by atoms with Crippen molar-refractivity contribution in [2.75, 3.05) is 20.2 Å². The van der Waals surface area contributed by atoms with Gasteiger partial charge in [-0.3, -0.25) is 19.2 Å². The van der Waals surface area contributed by atoms with Gasteiger partial charge in [0, 0.05) is 30.9 Å². The van der Waals surface area contributed by atoms with Crippen LogP contribution in [0.25, 0.3) is 0 Å². The van der Waals surface area contributed by atoms with Crippen LogP contribution in [0.5, 0.6) is 0 Å². The molecule has 3 heterocycles. The van der Waals surface area contributed by atoms with Crippen LogP contribution in [0.2, 0.25) is 0 Å². The average molecular weight is 779 g/mol. The number of hydrogen-bond donors (Lipinski definition) is 1. The lowest BCUT2D eigenvalue weighted by Gasteiger charge is -2.41. The molecule has 3 aliphatic rings. The minimum absolute atomic E-state index is 0.118. The Labute approximate surface area is 315 Å². The molecular weight excluding hydrogens is 726 g/mol. The minimum Gasteiger partial charge on any atom is -0.455 e. The number of likely N-dealkylation sites (N-methyl/N-ethyl adjacent to an activating group) is 1. The number of likely N-dealkylation sites (tertiary alicyclic amines) is 1. The van der Waals surface area contributed by atoms with E-state index in [0.29, 0.717) is 24.0 Å². The van der Waals surface area contributed by atoms with Crippen LogP contribution in [-0.4, -0.2) is 98.4 Å². The molecule has 52 heavy (non-hydrogen) atoms. The normalized spacial score (nSPS) is 26.9. The van der Waals surface area contributed by atoms with Crippen LogP contribution in [0, 0.1) is 11.8 Å². The molecule has 0 aliphatic carbocycles. The Hall–Kier alpha value is -3.80. The van der Waals surface area contributed by atoms with Crippen molar-refractivity contribution in [3.63, 3.8) is 0 Å². The third-order valence-corrected chi connectivity index (χ3v) is 12.0. The van der Waals surface area contributed by atoms with Gasteiger partial charge in [0.25, 0.3) is 0 Å². The first kappa shape index (κ1) is 39.4. The third-order valence-electron chi connectivity index (χ3n) is 11.1. The highest BCUT2D eigenvalue weighted by atomic mass is 79.9. The lowest BCUT2D eigenvalue weighted by Crippen LogP contribution is -2.58. The second-order valence-corrected chi connectivity index (χ2v) is 15.5. The van der Waals surface area contributed by atoms with Gasteiger partial charge in [-0.1, -0.05) is 102 Å². The largest absolute Gasteiger partial charge is 0.455 e. The Morgan fingerprint density at radius 1 is 1.08 bits per heavy atom. The van der Waals surface area contributed by atoms with Gasteiger partial charge in [0.1, 0.15) is 17.7 Å². The van der Waals surface area contributed by atoms with Crippen LogP contribution in [0.4, 0.5) is 0 Å². The summed E-state index contributed by atoms with van der Waals surface area (Å²) in [6.07, 6.45) is 4.43. The maximum atomic E-state index is 15.0. The Bertz CT molecular complexity index is 1610. The molecule has 1 spiro atoms. The monoisotopic (exact) mass is 777 g/mol. The summed E-state index contributed by atoms with van der Waals surface area (Å²) in [5, 5.41) is 10.9. The number of allylic oxidation sites excluding steroid dienone is 1. The quantitative estimate of drug-likeness (QED) is 0.123. The fourth-order valence-electron chi connectivity index (χ4n) is 8.46. The SMILES string of the molecule is C=CCCC(=O)N(C)[C@@H](C)[C@@H](OC(=O)[C@@H]1[C@H]2O[C@@]3(CC2Br)[C@H](C(=O)N(CC=C)C(C)CCC)N([C@H](CO)c2ccccc2)C(=O)[C@@H]13)c1ccccc1. The topological polar surface area (TPSA) is 117 Å². The minimum atomic E-state index is -1.37. The zero-order valence-electron chi connectivity index (χ0n) is 30.6. The Kier molecular flexibility index (Phi) is 12.8. The number of halogens is 1. The molecule has 2 bridgehead atoms. The number of nitrogens with zero attached hydrogens (tertiary/aromatic N) is 3. The summed E-state index contributed by atoms with van der Waals surface area (Å²) in [4.78, 5) is 62.2. The Balaban J connectivity index is 1.57. The van der Waals surface area contributed by atoms with Crippen LogP contribution in [-0.2, 0) is 28.7 Å². The number of alkyl halides is 1. The van der Waals surface area contributed by atoms with E-state index in [1.165, 1.54) is 4.90 Å². The smallest absolute Gasteiger partial charge is 0.313 e. The molecule has 2 aromatic carbocycles. The van der Waals surface area contributed by atoms with Crippen molar-refractivity contribution in [3.05, 3.63) is 97.1 Å². The maximum absolute atomic E-state index is 15.0. The van der Waals surface area contributed by atoms with Crippen molar-refractivity contribution < 1.29 is 33.8 Å². The summed E-state index contributed by atoms with van der Waals surface area (Å²) in [6, 6.07) is 15.7. The molecule has 3 amide bonds. The van der Waals surface area contributed by atoms with E-state index in [9.17, 15) is 19.5 Å². The third kappa shape index (κ3) is 7.24. The highest BCUT2D eigenvalue weighted by Crippen LogP contribution is 2.61. The number of hydrogen-bond acceptors (Lipinski definition) is 7. The first-order valence-corrected chi connectivity index (χ1v) is 19.2. The lowest BCUT2D eigenvalue weighted by atomic mass is 9.70. The van der Waals surface area contributed by atoms with Crippen molar-refractivity contribution in [2.45, 2.75) is 99.7 Å². The molecule has 0 saturated carbocycles. The summed E-state index contributed by atoms with van der Waals surface area (Å²) in [5.41, 5.74) is -0.00597. The van der Waals surface area contributed by atoms with Crippen molar-refractivity contribution in [2.24, 2.45) is 11.8 Å². The van der Waals surface area contributed by atoms with Crippen LogP contribution in [0.1, 0.15) is 76.1 Å². The van der Waals surface area contributed by atoms with Crippen LogP contribution in [0.15, 0.2) is 86.0 Å². The summed E-state index contributed by atoms with van der Waals surface area (Å²) in [7, 11) is 1.69. The van der Waals surface area contributed by atoms with Crippen LogP contribution in [0.3, 0.4) is 0 Å². The zero-order chi connectivity index (χ0) is 37.7. The number of fused-ring (bicyclic) bond motifs is 1. The van der Waals surface area contributed by atoms with E-state index in [0.717, 1.165) is 12.8 Å². The van der Waals surface area contributed by atoms with Gasteiger partial charge in [-0.15, -0.1) is 13.2 Å². The van der Waals surface area contributed by atoms with E-state index >= 15 is 4.79 Å². The summed E-state index contributed by atoms with van der Waals surface area (Å²) < 4.78 is 13.2. The van der Waals surface area contributed by atoms with Gasteiger partial charge in [0.15, 0.2) is 0 Å². The molecule has 3 aliphatic heterocycles. The molecule has 5 rings (SSSR count). The lowest BCUT2D eigenvalue weighted by molar-refractivity contribution is -0.165. The average Bonchev–Trinajstić information content (AvgIpc) is 3.75. The molecule has 280 valence electrons. The van der Waals surface area contributed by atoms with Gasteiger partial charge >= 0.3 is 5.97 Å². The number of carbonyl (C=O) groups excluding carboxylic acids is 4. The Morgan fingerprint density at radius 2 is 1.71 bits per heavy atom. The number of aliphatic hydroxyl groups excluding tert-OH is 1. The molecule has 11 heteroatoms. The molecule has 0 radical (unpaired) electrons. The predicted molar refractivity (Wildman–Crippen MR) is 202 cm³/mol. The molecule has 2 aromatic rings. The van der Waals surface area contributed by atoms with Gasteiger partial charge in [0.2, 0.25) is 17.7 Å². The molecule has 1 N–H and O–H groups in total. The van der Waals surface area contributed by atoms with Crippen molar-refractivity contribution in [1.82, 2.24) is 14.7 Å². The van der Waals surface area contributed by atoms with Crippen molar-refractivity contribution >= 4 is 39.6 Å². The number of esters is 1. The van der Waals surface area contributed by atoms with Crippen LogP contribution < -0.4 is 0 Å². The number of amides is 3. The van der Waals surface area contributed by atoms with E-state index < -0.39 is 66.3 Å². The second-order valence-electron chi connectivity index (χ2n) is 14.3. The molecular formula is C41H52BrN3O7. The van der Waals surface area contributed by atoms with E-state index in [4.69, 9.17) is 9.47 Å². The van der Waals surface area contributed by atoms with Gasteiger partial charge in [-0.05, 0) is 44.2 Å². The number of rotatable bonds is 17. The number of aliphatic hydroxyl groups is 1. The second kappa shape index (κ2) is 16.9. The Morgan fingerprint density at radius 3 is 2.29 bits per heavy atom. The number of carbonyl (C=O) groups is 4. The van der Waals surface area contributed by atoms with E-state index in [1.54, 1.807) is 29.0 Å². The molecule has 3 fully saturated rings. The molecule has 2 unspecified atom stereocenters. The number of benzene rings is 2. The molecule has 0 aromatic heterocycles. The van der Waals surface area contributed by atoms with Crippen LogP contribution >= 0.6 is 15.9 Å². The van der Waals surface area contributed by atoms with E-state index in [2.05, 4.69) is 36.0 Å². The fraction of sp³-hybridized carbons (Fsp3) is 0.512. The summed E-state index contributed by atoms with van der Waals surface area (Å²) >= 11 is 3.76. The highest BCUT2D eigenvalue weighted by molar-refractivity contribution is 9.09. The first-order chi connectivity index (χ1) is 25.0. The van der Waals surface area contributed by atoms with E-state index in [1.807, 2.05) is 74.5 Å². The maximum Gasteiger partial charge on any atom is 0.313 e. The van der Waals surface area contributed by atoms with Gasteiger partial charge in [-0.2, -0.15) is 0 Å². The molecule has 10 nitrogen and oxygen atoms in total. The number of ether oxygens (including phenoxy) is 2. The van der Waals surface area contributed by atoms with Gasteiger partial charge in [0.05, 0.1) is 36.6 Å². The van der Waals surface area contributed by atoms with Crippen molar-refractivity contribution in [3.8, 4) is 0 Å². The highest BCUT2D eigenvalue weighted by Gasteiger charge is 2.78. The zero-order valence-corrected chi connectivity index (χ0v) is 32.2. The summed E-state index contributed by atoms with van der Waals surface area (Å²) in [5.74, 6) is -3.60. The van der Waals surface area contributed by atoms with Gasteiger partial charge < -0.3 is 29.3 Å². The summed E-state index contributed by atoms with van der Waals surface area (Å²) in [6.45, 7) is 13.3. The molecule has 10 atom stereocenters. The van der Waals surface area contributed by atoms with Gasteiger partial charge in [-0.25, -0.2) is 0 Å². The van der Waals surface area contributed by atoms with E-state index in [-0.39, 0.29) is 35.6 Å². The fourth-order valence-corrected chi connectivity index (χ4v) is 9.40. The standard InChI is InChI=1S/C41H52BrN3O7/c1-7-10-22-32(47)43(6)27(5)35(29-20-15-12-16-21-29)51-40(50)33-34-38(48)45(31(25-46)28-18-13-11-14-19-28)37(41(34)24-30(42)36(33)52-41)39(49)44(23-9-3)26(4)17-8-2/h7,9,11-16,18-21,26-27,30-31,33-37,46H,1,3,8,10,17,22-25H2,2,4-6H3/t26?,27-,30?,31+,33-,34+,35+,36-,37-,41+/m0/s1.